The second-order valence-corrected chi connectivity index (χ2v) is 7.52. The van der Waals surface area contributed by atoms with E-state index in [2.05, 4.69) is 10.6 Å². The topological polar surface area (TPSA) is 192 Å². The normalized spacial score (nSPS) is 11.7. The van der Waals surface area contributed by atoms with Crippen LogP contribution in [0.5, 0.6) is 0 Å². The Morgan fingerprint density at radius 2 is 1.52 bits per heavy atom. The van der Waals surface area contributed by atoms with Gasteiger partial charge in [-0.2, -0.15) is 0 Å². The molecule has 0 rings (SSSR count). The van der Waals surface area contributed by atoms with Crippen molar-refractivity contribution in [1.29, 1.82) is 0 Å². The number of carbonyl (C=O) groups excluding carboxylic acids is 3. The first kappa shape index (κ1) is 29.1. The van der Waals surface area contributed by atoms with Crippen molar-refractivity contribution in [2.24, 2.45) is 22.9 Å². The molecule has 1 atom stereocenters. The molecule has 11 nitrogen and oxygen atoms in total. The van der Waals surface area contributed by atoms with Gasteiger partial charge in [0.1, 0.15) is 6.61 Å². The summed E-state index contributed by atoms with van der Waals surface area (Å²) in [5.74, 6) is -0.440. The number of hydrogen-bond acceptors (Lipinski definition) is 8. The van der Waals surface area contributed by atoms with E-state index >= 15 is 0 Å². The van der Waals surface area contributed by atoms with E-state index in [0.717, 1.165) is 44.9 Å². The van der Waals surface area contributed by atoms with E-state index < -0.39 is 6.09 Å². The predicted molar refractivity (Wildman–Crippen MR) is 121 cm³/mol. The number of nitrogens with one attached hydrogen (secondary N) is 2. The molecule has 0 saturated heterocycles. The fourth-order valence-corrected chi connectivity index (χ4v) is 2.98. The van der Waals surface area contributed by atoms with Crippen LogP contribution in [0.2, 0.25) is 0 Å². The van der Waals surface area contributed by atoms with Crippen molar-refractivity contribution < 1.29 is 19.1 Å². The number of rotatable bonds is 20. The van der Waals surface area contributed by atoms with Gasteiger partial charge in [0.25, 0.3) is 0 Å². The van der Waals surface area contributed by atoms with Gasteiger partial charge in [-0.1, -0.05) is 12.8 Å². The van der Waals surface area contributed by atoms with E-state index in [4.69, 9.17) is 27.7 Å². The van der Waals surface area contributed by atoms with Gasteiger partial charge >= 0.3 is 6.09 Å². The van der Waals surface area contributed by atoms with Crippen LogP contribution in [-0.4, -0.2) is 81.3 Å². The van der Waals surface area contributed by atoms with Crippen LogP contribution in [-0.2, 0) is 14.3 Å². The summed E-state index contributed by atoms with van der Waals surface area (Å²) in [5, 5.41) is 5.94. The molecule has 0 aromatic rings. The molecule has 0 radical (unpaired) electrons. The molecule has 0 spiro atoms. The number of unbranched alkanes of at least 4 members (excludes halogenated alkanes) is 4. The first-order valence-electron chi connectivity index (χ1n) is 11.2. The summed E-state index contributed by atoms with van der Waals surface area (Å²) in [4.78, 5) is 37.7. The van der Waals surface area contributed by atoms with Crippen molar-refractivity contribution in [3.63, 3.8) is 0 Å². The van der Waals surface area contributed by atoms with E-state index in [9.17, 15) is 14.4 Å². The Bertz CT molecular complexity index is 494. The highest BCUT2D eigenvalue weighted by atomic mass is 16.5. The highest BCUT2D eigenvalue weighted by Gasteiger charge is 2.19. The summed E-state index contributed by atoms with van der Waals surface area (Å²) in [7, 11) is 0. The zero-order valence-electron chi connectivity index (χ0n) is 18.8. The summed E-state index contributed by atoms with van der Waals surface area (Å²) < 4.78 is 4.85. The molecule has 0 aliphatic rings. The fraction of sp³-hybridized carbons (Fsp3) is 0.850. The van der Waals surface area contributed by atoms with Gasteiger partial charge in [0.2, 0.25) is 11.8 Å². The third kappa shape index (κ3) is 17.4. The highest BCUT2D eigenvalue weighted by Crippen LogP contribution is 2.03. The van der Waals surface area contributed by atoms with Gasteiger partial charge in [0.15, 0.2) is 0 Å². The van der Waals surface area contributed by atoms with Crippen molar-refractivity contribution >= 4 is 17.9 Å². The molecule has 0 aromatic heterocycles. The molecule has 0 fully saturated rings. The van der Waals surface area contributed by atoms with E-state index in [1.54, 1.807) is 4.90 Å². The smallest absolute Gasteiger partial charge is 0.404 e. The molecule has 0 aliphatic heterocycles. The molecule has 0 aliphatic carbocycles. The maximum absolute atomic E-state index is 12.6. The van der Waals surface area contributed by atoms with Crippen LogP contribution in [0.3, 0.4) is 0 Å². The highest BCUT2D eigenvalue weighted by molar-refractivity contribution is 5.85. The minimum Gasteiger partial charge on any atom is -0.448 e. The fourth-order valence-electron chi connectivity index (χ4n) is 2.98. The van der Waals surface area contributed by atoms with Crippen LogP contribution in [0.4, 0.5) is 4.79 Å². The Morgan fingerprint density at radius 1 is 0.871 bits per heavy atom. The SMILES string of the molecule is NCCCCCN(CC(=O)N[C@H](CCCCN)COC(N)=O)C(=O)CNCCCCN. The largest absolute Gasteiger partial charge is 0.448 e. The Morgan fingerprint density at radius 3 is 2.16 bits per heavy atom. The number of nitrogens with zero attached hydrogens (tertiary/aromatic N) is 1. The summed E-state index contributed by atoms with van der Waals surface area (Å²) in [6.07, 6.45) is 5.60. The standard InChI is InChI=1S/C20H43N7O4/c21-9-3-1-7-13-27(19(29)14-25-12-6-5-11-23)15-18(28)26-17(8-2-4-10-22)16-31-20(24)30/h17,25H,1-16,21-23H2,(H2,24,30)(H,26,28)/t17-/m1/s1. The van der Waals surface area contributed by atoms with Gasteiger partial charge in [0.05, 0.1) is 19.1 Å². The molecule has 0 aromatic carbocycles. The van der Waals surface area contributed by atoms with E-state index in [1.165, 1.54) is 0 Å². The lowest BCUT2D eigenvalue weighted by Crippen LogP contribution is -2.48. The molecule has 3 amide bonds. The van der Waals surface area contributed by atoms with Crippen LogP contribution in [0.1, 0.15) is 51.4 Å². The number of carbonyl (C=O) groups is 3. The first-order valence-corrected chi connectivity index (χ1v) is 11.2. The zero-order chi connectivity index (χ0) is 23.3. The van der Waals surface area contributed by atoms with Gasteiger partial charge in [0, 0.05) is 6.54 Å². The van der Waals surface area contributed by atoms with Gasteiger partial charge in [-0.25, -0.2) is 4.79 Å². The average molecular weight is 446 g/mol. The minimum absolute atomic E-state index is 0.0151. The van der Waals surface area contributed by atoms with Crippen LogP contribution >= 0.6 is 0 Å². The molecule has 11 heteroatoms. The summed E-state index contributed by atoms with van der Waals surface area (Å²) in [5.41, 5.74) is 21.6. The third-order valence-corrected chi connectivity index (χ3v) is 4.70. The summed E-state index contributed by atoms with van der Waals surface area (Å²) in [6, 6.07) is -0.380. The Labute approximate surface area is 185 Å². The van der Waals surface area contributed by atoms with Crippen molar-refractivity contribution in [2.45, 2.75) is 57.4 Å². The quantitative estimate of drug-likeness (QED) is 0.128. The predicted octanol–water partition coefficient (Wildman–Crippen LogP) is -1.02. The molecule has 0 saturated carbocycles. The van der Waals surface area contributed by atoms with Crippen LogP contribution in [0, 0.1) is 0 Å². The van der Waals surface area contributed by atoms with Crippen molar-refractivity contribution in [3.8, 4) is 0 Å². The van der Waals surface area contributed by atoms with Crippen molar-refractivity contribution in [1.82, 2.24) is 15.5 Å². The maximum Gasteiger partial charge on any atom is 0.404 e. The third-order valence-electron chi connectivity index (χ3n) is 4.70. The Hall–Kier alpha value is -1.95. The summed E-state index contributed by atoms with van der Waals surface area (Å²) >= 11 is 0. The second kappa shape index (κ2) is 20.0. The van der Waals surface area contributed by atoms with Crippen molar-refractivity contribution in [2.75, 3.05) is 52.4 Å². The Kier molecular flexibility index (Phi) is 18.7. The Balaban J connectivity index is 4.74. The molecular weight excluding hydrogens is 402 g/mol. The lowest BCUT2D eigenvalue weighted by Gasteiger charge is -2.24. The maximum atomic E-state index is 12.6. The molecule has 182 valence electrons. The summed E-state index contributed by atoms with van der Waals surface area (Å²) in [6.45, 7) is 3.03. The van der Waals surface area contributed by atoms with Gasteiger partial charge in [-0.15, -0.1) is 0 Å². The lowest BCUT2D eigenvalue weighted by molar-refractivity contribution is -0.135. The number of nitrogens with two attached hydrogens (primary N) is 4. The first-order chi connectivity index (χ1) is 14.9. The molecule has 0 unspecified atom stereocenters. The number of amides is 3. The van der Waals surface area contributed by atoms with Crippen molar-refractivity contribution in [3.05, 3.63) is 0 Å². The van der Waals surface area contributed by atoms with E-state index in [1.807, 2.05) is 0 Å². The average Bonchev–Trinajstić information content (AvgIpc) is 2.73. The van der Waals surface area contributed by atoms with Gasteiger partial charge in [-0.3, -0.25) is 9.59 Å². The molecule has 0 bridgehead atoms. The van der Waals surface area contributed by atoms with Crippen LogP contribution in [0.15, 0.2) is 0 Å². The minimum atomic E-state index is -0.893. The van der Waals surface area contributed by atoms with E-state index in [-0.39, 0.29) is 37.6 Å². The number of ether oxygens (including phenoxy) is 1. The second-order valence-electron chi connectivity index (χ2n) is 7.52. The van der Waals surface area contributed by atoms with Crippen LogP contribution in [0.25, 0.3) is 0 Å². The monoisotopic (exact) mass is 445 g/mol. The number of hydrogen-bond donors (Lipinski definition) is 6. The molecular formula is C20H43N7O4. The van der Waals surface area contributed by atoms with Crippen LogP contribution < -0.4 is 33.6 Å². The molecule has 0 heterocycles. The zero-order valence-corrected chi connectivity index (χ0v) is 18.8. The van der Waals surface area contributed by atoms with Gasteiger partial charge < -0.3 is 43.2 Å². The van der Waals surface area contributed by atoms with E-state index in [0.29, 0.717) is 39.1 Å². The number of primary amides is 1. The molecule has 31 heavy (non-hydrogen) atoms. The lowest BCUT2D eigenvalue weighted by atomic mass is 10.1. The van der Waals surface area contributed by atoms with Gasteiger partial charge in [-0.05, 0) is 64.7 Å². The molecule has 10 N–H and O–H groups in total.